The van der Waals surface area contributed by atoms with Crippen LogP contribution >= 0.6 is 0 Å². The predicted molar refractivity (Wildman–Crippen MR) is 91.0 cm³/mol. The topological polar surface area (TPSA) is 95.5 Å². The summed E-state index contributed by atoms with van der Waals surface area (Å²) >= 11 is 0. The molecule has 6 heteroatoms. The van der Waals surface area contributed by atoms with Gasteiger partial charge in [-0.25, -0.2) is 4.79 Å². The molecule has 0 aliphatic heterocycles. The third-order valence-electron chi connectivity index (χ3n) is 4.39. The minimum Gasteiger partial charge on any atom is -0.478 e. The highest BCUT2D eigenvalue weighted by molar-refractivity contribution is 5.95. The molecular formula is C18H24N2O4. The molecule has 0 unspecified atom stereocenters. The van der Waals surface area contributed by atoms with Gasteiger partial charge in [0, 0.05) is 12.1 Å². The van der Waals surface area contributed by atoms with Crippen LogP contribution < -0.4 is 10.6 Å². The van der Waals surface area contributed by atoms with Crippen LogP contribution in [0.3, 0.4) is 0 Å². The van der Waals surface area contributed by atoms with E-state index in [2.05, 4.69) is 10.6 Å². The first kappa shape index (κ1) is 18.0. The minimum absolute atomic E-state index is 0.0781. The number of hydrogen-bond donors (Lipinski definition) is 3. The number of aryl methyl sites for hydroxylation is 1. The van der Waals surface area contributed by atoms with Gasteiger partial charge in [0.1, 0.15) is 0 Å². The van der Waals surface area contributed by atoms with E-state index in [0.29, 0.717) is 23.6 Å². The summed E-state index contributed by atoms with van der Waals surface area (Å²) in [5, 5.41) is 14.3. The lowest BCUT2D eigenvalue weighted by Crippen LogP contribution is -2.34. The maximum Gasteiger partial charge on any atom is 0.335 e. The van der Waals surface area contributed by atoms with Crippen LogP contribution in [0.25, 0.3) is 0 Å². The summed E-state index contributed by atoms with van der Waals surface area (Å²) < 4.78 is 0. The Morgan fingerprint density at radius 1 is 1.12 bits per heavy atom. The summed E-state index contributed by atoms with van der Waals surface area (Å²) in [6.45, 7) is 1.59. The Bertz CT molecular complexity index is 621. The molecule has 1 aromatic rings. The number of amides is 2. The molecule has 0 radical (unpaired) electrons. The summed E-state index contributed by atoms with van der Waals surface area (Å²) in [5.41, 5.74) is 1.29. The molecule has 0 bridgehead atoms. The maximum absolute atomic E-state index is 11.9. The van der Waals surface area contributed by atoms with E-state index >= 15 is 0 Å². The average Bonchev–Trinajstić information content (AvgIpc) is 2.53. The lowest BCUT2D eigenvalue weighted by molar-refractivity contribution is -0.125. The van der Waals surface area contributed by atoms with Crippen molar-refractivity contribution >= 4 is 23.5 Å². The standard InChI is InChI=1S/C18H24N2O4/c1-12-9-14(7-8-15(12)18(23)24)20-17(22)11-19-16(21)10-13-5-3-2-4-6-13/h7-9,13H,2-6,10-11H2,1H3,(H,19,21)(H,20,22)(H,23,24). The summed E-state index contributed by atoms with van der Waals surface area (Å²) in [6, 6.07) is 4.60. The van der Waals surface area contributed by atoms with E-state index in [1.807, 2.05) is 0 Å². The molecule has 1 saturated carbocycles. The number of carbonyl (C=O) groups excluding carboxylic acids is 2. The van der Waals surface area contributed by atoms with E-state index < -0.39 is 5.97 Å². The van der Waals surface area contributed by atoms with Crippen molar-refractivity contribution in [1.82, 2.24) is 5.32 Å². The molecule has 130 valence electrons. The second-order valence-corrected chi connectivity index (χ2v) is 6.37. The highest BCUT2D eigenvalue weighted by Gasteiger charge is 2.17. The molecule has 1 aromatic carbocycles. The van der Waals surface area contributed by atoms with Gasteiger partial charge in [0.15, 0.2) is 0 Å². The largest absolute Gasteiger partial charge is 0.478 e. The lowest BCUT2D eigenvalue weighted by atomic mass is 9.87. The van der Waals surface area contributed by atoms with Gasteiger partial charge in [0.2, 0.25) is 11.8 Å². The van der Waals surface area contributed by atoms with Crippen molar-refractivity contribution in [1.29, 1.82) is 0 Å². The molecule has 1 fully saturated rings. The van der Waals surface area contributed by atoms with Gasteiger partial charge in [-0.15, -0.1) is 0 Å². The Hall–Kier alpha value is -2.37. The van der Waals surface area contributed by atoms with E-state index in [9.17, 15) is 14.4 Å². The molecule has 6 nitrogen and oxygen atoms in total. The fourth-order valence-electron chi connectivity index (χ4n) is 3.09. The zero-order chi connectivity index (χ0) is 17.5. The summed E-state index contributed by atoms with van der Waals surface area (Å²) in [7, 11) is 0. The number of nitrogens with one attached hydrogen (secondary N) is 2. The van der Waals surface area contributed by atoms with Crippen LogP contribution in [0, 0.1) is 12.8 Å². The van der Waals surface area contributed by atoms with Crippen LogP contribution in [0.15, 0.2) is 18.2 Å². The summed E-state index contributed by atoms with van der Waals surface area (Å²) in [6.07, 6.45) is 6.29. The molecule has 0 saturated heterocycles. The first-order valence-electron chi connectivity index (χ1n) is 8.36. The summed E-state index contributed by atoms with van der Waals surface area (Å²) in [5.74, 6) is -0.975. The van der Waals surface area contributed by atoms with Gasteiger partial charge < -0.3 is 15.7 Å². The second kappa shape index (κ2) is 8.47. The Morgan fingerprint density at radius 3 is 2.46 bits per heavy atom. The smallest absolute Gasteiger partial charge is 0.335 e. The van der Waals surface area contributed by atoms with Crippen molar-refractivity contribution in [2.24, 2.45) is 5.92 Å². The maximum atomic E-state index is 11.9. The van der Waals surface area contributed by atoms with Crippen LogP contribution in [0.2, 0.25) is 0 Å². The molecule has 1 aliphatic carbocycles. The molecule has 3 N–H and O–H groups in total. The molecule has 2 rings (SSSR count). The van der Waals surface area contributed by atoms with Crippen molar-refractivity contribution in [3.05, 3.63) is 29.3 Å². The van der Waals surface area contributed by atoms with Crippen molar-refractivity contribution in [2.75, 3.05) is 11.9 Å². The van der Waals surface area contributed by atoms with Crippen LogP contribution in [-0.2, 0) is 9.59 Å². The highest BCUT2D eigenvalue weighted by Crippen LogP contribution is 2.26. The fraction of sp³-hybridized carbons (Fsp3) is 0.500. The van der Waals surface area contributed by atoms with Crippen molar-refractivity contribution in [3.63, 3.8) is 0 Å². The monoisotopic (exact) mass is 332 g/mol. The van der Waals surface area contributed by atoms with Gasteiger partial charge in [0.25, 0.3) is 0 Å². The minimum atomic E-state index is -1.000. The number of carboxylic acid groups (broad SMARTS) is 1. The average molecular weight is 332 g/mol. The molecule has 0 atom stereocenters. The van der Waals surface area contributed by atoms with Gasteiger partial charge in [-0.05, 0) is 49.4 Å². The van der Waals surface area contributed by atoms with Gasteiger partial charge in [-0.2, -0.15) is 0 Å². The molecule has 24 heavy (non-hydrogen) atoms. The Balaban J connectivity index is 1.77. The van der Waals surface area contributed by atoms with Gasteiger partial charge in [-0.1, -0.05) is 19.3 Å². The molecule has 1 aliphatic rings. The Morgan fingerprint density at radius 2 is 1.83 bits per heavy atom. The predicted octanol–water partition coefficient (Wildman–Crippen LogP) is 2.72. The third-order valence-corrected chi connectivity index (χ3v) is 4.39. The first-order chi connectivity index (χ1) is 11.5. The lowest BCUT2D eigenvalue weighted by Gasteiger charge is -2.20. The van der Waals surface area contributed by atoms with E-state index in [0.717, 1.165) is 12.8 Å². The van der Waals surface area contributed by atoms with Crippen LogP contribution in [0.5, 0.6) is 0 Å². The number of carboxylic acids is 1. The molecular weight excluding hydrogens is 308 g/mol. The molecule has 2 amide bonds. The van der Waals surface area contributed by atoms with Crippen molar-refractivity contribution < 1.29 is 19.5 Å². The van der Waals surface area contributed by atoms with Gasteiger partial charge >= 0.3 is 5.97 Å². The van der Waals surface area contributed by atoms with Gasteiger partial charge in [-0.3, -0.25) is 9.59 Å². The SMILES string of the molecule is Cc1cc(NC(=O)CNC(=O)CC2CCCCC2)ccc1C(=O)O. The second-order valence-electron chi connectivity index (χ2n) is 6.37. The first-order valence-corrected chi connectivity index (χ1v) is 8.36. The number of aromatic carboxylic acids is 1. The molecule has 0 aromatic heterocycles. The highest BCUT2D eigenvalue weighted by atomic mass is 16.4. The number of rotatable bonds is 6. The fourth-order valence-corrected chi connectivity index (χ4v) is 3.09. The zero-order valence-corrected chi connectivity index (χ0v) is 13.9. The van der Waals surface area contributed by atoms with Crippen LogP contribution in [0.1, 0.15) is 54.4 Å². The quantitative estimate of drug-likeness (QED) is 0.746. The molecule has 0 spiro atoms. The van der Waals surface area contributed by atoms with Crippen molar-refractivity contribution in [3.8, 4) is 0 Å². The number of carbonyl (C=O) groups is 3. The van der Waals surface area contributed by atoms with Crippen LogP contribution in [-0.4, -0.2) is 29.4 Å². The Kier molecular flexibility index (Phi) is 6.35. The number of benzene rings is 1. The summed E-state index contributed by atoms with van der Waals surface area (Å²) in [4.78, 5) is 34.7. The zero-order valence-electron chi connectivity index (χ0n) is 13.9. The number of anilines is 1. The Labute approximate surface area is 141 Å². The van der Waals surface area contributed by atoms with Crippen molar-refractivity contribution in [2.45, 2.75) is 45.4 Å². The van der Waals surface area contributed by atoms with E-state index in [4.69, 9.17) is 5.11 Å². The van der Waals surface area contributed by atoms with Crippen LogP contribution in [0.4, 0.5) is 5.69 Å². The molecule has 0 heterocycles. The van der Waals surface area contributed by atoms with E-state index in [1.165, 1.54) is 31.4 Å². The van der Waals surface area contributed by atoms with Gasteiger partial charge in [0.05, 0.1) is 12.1 Å². The van der Waals surface area contributed by atoms with E-state index in [-0.39, 0.29) is 23.9 Å². The number of hydrogen-bond acceptors (Lipinski definition) is 3. The van der Waals surface area contributed by atoms with E-state index in [1.54, 1.807) is 13.0 Å². The third kappa shape index (κ3) is 5.37. The normalized spacial score (nSPS) is 14.9.